The maximum Gasteiger partial charge on any atom is 0.227 e. The molecule has 2 rings (SSSR count). The van der Waals surface area contributed by atoms with Crippen LogP contribution in [0, 0.1) is 0 Å². The summed E-state index contributed by atoms with van der Waals surface area (Å²) in [7, 11) is 7.45. The van der Waals surface area contributed by atoms with Crippen LogP contribution >= 0.6 is 12.4 Å². The standard InChI is InChI=1S/C10H16N8.ClH/c1-17(2)8-6-5(7(11)15-9(12)13-6)14-10(16-8)18(3)4;/h1-4H3,(H4,11,12,13,15);1H. The van der Waals surface area contributed by atoms with Gasteiger partial charge in [0.1, 0.15) is 11.0 Å². The van der Waals surface area contributed by atoms with Gasteiger partial charge in [0, 0.05) is 28.2 Å². The lowest BCUT2D eigenvalue weighted by atomic mass is 10.3. The normalized spacial score (nSPS) is 10.1. The first kappa shape index (κ1) is 15.0. The minimum absolute atomic E-state index is 0. The quantitative estimate of drug-likeness (QED) is 0.801. The minimum Gasteiger partial charge on any atom is -0.382 e. The van der Waals surface area contributed by atoms with Crippen molar-refractivity contribution >= 4 is 47.0 Å². The molecule has 8 nitrogen and oxygen atoms in total. The fraction of sp³-hybridized carbons (Fsp3) is 0.400. The molecule has 0 aliphatic rings. The number of anilines is 4. The van der Waals surface area contributed by atoms with Crippen molar-refractivity contribution in [1.82, 2.24) is 19.9 Å². The number of fused-ring (bicyclic) bond motifs is 1. The molecule has 0 aliphatic carbocycles. The zero-order valence-corrected chi connectivity index (χ0v) is 12.1. The van der Waals surface area contributed by atoms with Crippen molar-refractivity contribution < 1.29 is 0 Å². The van der Waals surface area contributed by atoms with Gasteiger partial charge in [0.2, 0.25) is 11.9 Å². The van der Waals surface area contributed by atoms with Gasteiger partial charge in [-0.3, -0.25) is 0 Å². The lowest BCUT2D eigenvalue weighted by Gasteiger charge is -2.17. The highest BCUT2D eigenvalue weighted by molar-refractivity contribution is 5.93. The topological polar surface area (TPSA) is 110 Å². The summed E-state index contributed by atoms with van der Waals surface area (Å²) in [5, 5.41) is 0. The number of nitrogens with two attached hydrogens (primary N) is 2. The highest BCUT2D eigenvalue weighted by atomic mass is 35.5. The van der Waals surface area contributed by atoms with E-state index >= 15 is 0 Å². The second-order valence-corrected chi connectivity index (χ2v) is 4.30. The van der Waals surface area contributed by atoms with Gasteiger partial charge in [0.05, 0.1) is 0 Å². The van der Waals surface area contributed by atoms with E-state index in [1.807, 2.05) is 33.1 Å². The lowest BCUT2D eigenvalue weighted by molar-refractivity contribution is 0.980. The van der Waals surface area contributed by atoms with E-state index in [0.29, 0.717) is 22.8 Å². The van der Waals surface area contributed by atoms with Crippen LogP contribution in [-0.4, -0.2) is 48.1 Å². The van der Waals surface area contributed by atoms with Crippen LogP contribution in [0.1, 0.15) is 0 Å². The van der Waals surface area contributed by atoms with Crippen molar-refractivity contribution in [2.75, 3.05) is 49.5 Å². The number of nitrogen functional groups attached to an aromatic ring is 2. The van der Waals surface area contributed by atoms with E-state index in [2.05, 4.69) is 19.9 Å². The van der Waals surface area contributed by atoms with Gasteiger partial charge in [-0.1, -0.05) is 0 Å². The number of nitrogens with zero attached hydrogens (tertiary/aromatic N) is 6. The van der Waals surface area contributed by atoms with Gasteiger partial charge in [-0.15, -0.1) is 12.4 Å². The average molecular weight is 285 g/mol. The molecule has 2 aromatic rings. The SMILES string of the molecule is CN(C)c1nc(N(C)C)c2nc(N)nc(N)c2n1.Cl. The molecule has 0 atom stereocenters. The molecule has 19 heavy (non-hydrogen) atoms. The first-order chi connectivity index (χ1) is 8.40. The smallest absolute Gasteiger partial charge is 0.227 e. The zero-order chi connectivity index (χ0) is 13.4. The van der Waals surface area contributed by atoms with Crippen molar-refractivity contribution in [3.63, 3.8) is 0 Å². The van der Waals surface area contributed by atoms with Crippen LogP contribution in [0.4, 0.5) is 23.5 Å². The molecule has 0 spiro atoms. The highest BCUT2D eigenvalue weighted by Gasteiger charge is 2.15. The van der Waals surface area contributed by atoms with Gasteiger partial charge in [-0.2, -0.15) is 9.97 Å². The summed E-state index contributed by atoms with van der Waals surface area (Å²) in [6, 6.07) is 0. The van der Waals surface area contributed by atoms with Crippen molar-refractivity contribution in [1.29, 1.82) is 0 Å². The van der Waals surface area contributed by atoms with Gasteiger partial charge in [-0.25, -0.2) is 9.97 Å². The summed E-state index contributed by atoms with van der Waals surface area (Å²) in [5.41, 5.74) is 12.5. The van der Waals surface area contributed by atoms with Crippen molar-refractivity contribution in [3.05, 3.63) is 0 Å². The van der Waals surface area contributed by atoms with Crippen LogP contribution < -0.4 is 21.3 Å². The number of aromatic nitrogens is 4. The van der Waals surface area contributed by atoms with Crippen molar-refractivity contribution in [2.45, 2.75) is 0 Å². The highest BCUT2D eigenvalue weighted by Crippen LogP contribution is 2.26. The third kappa shape index (κ3) is 2.68. The Morgan fingerprint density at radius 2 is 1.42 bits per heavy atom. The summed E-state index contributed by atoms with van der Waals surface area (Å²) >= 11 is 0. The second kappa shape index (κ2) is 5.27. The van der Waals surface area contributed by atoms with E-state index < -0.39 is 0 Å². The van der Waals surface area contributed by atoms with E-state index in [-0.39, 0.29) is 24.2 Å². The molecule has 0 unspecified atom stereocenters. The first-order valence-electron chi connectivity index (χ1n) is 5.35. The first-order valence-corrected chi connectivity index (χ1v) is 5.35. The second-order valence-electron chi connectivity index (χ2n) is 4.30. The van der Waals surface area contributed by atoms with Gasteiger partial charge in [-0.05, 0) is 0 Å². The molecule has 0 saturated heterocycles. The maximum atomic E-state index is 5.84. The van der Waals surface area contributed by atoms with E-state index in [9.17, 15) is 0 Å². The summed E-state index contributed by atoms with van der Waals surface area (Å²) in [6.07, 6.45) is 0. The van der Waals surface area contributed by atoms with E-state index in [1.54, 1.807) is 4.90 Å². The Hall–Kier alpha value is -2.09. The summed E-state index contributed by atoms with van der Waals surface area (Å²) in [4.78, 5) is 20.5. The minimum atomic E-state index is 0. The predicted molar refractivity (Wildman–Crippen MR) is 79.9 cm³/mol. The van der Waals surface area contributed by atoms with Gasteiger partial charge in [0.25, 0.3) is 0 Å². The van der Waals surface area contributed by atoms with Gasteiger partial charge >= 0.3 is 0 Å². The molecule has 104 valence electrons. The van der Waals surface area contributed by atoms with Crippen molar-refractivity contribution in [3.8, 4) is 0 Å². The molecule has 9 heteroatoms. The molecule has 4 N–H and O–H groups in total. The Morgan fingerprint density at radius 3 is 1.95 bits per heavy atom. The van der Waals surface area contributed by atoms with Crippen LogP contribution in [0.3, 0.4) is 0 Å². The largest absolute Gasteiger partial charge is 0.382 e. The third-order valence-corrected chi connectivity index (χ3v) is 2.38. The van der Waals surface area contributed by atoms with Crippen molar-refractivity contribution in [2.24, 2.45) is 0 Å². The van der Waals surface area contributed by atoms with Crippen LogP contribution in [-0.2, 0) is 0 Å². The molecular formula is C10H17ClN8. The summed E-state index contributed by atoms with van der Waals surface area (Å²) in [5.74, 6) is 1.58. The molecule has 2 heterocycles. The van der Waals surface area contributed by atoms with Crippen LogP contribution in [0.15, 0.2) is 0 Å². The summed E-state index contributed by atoms with van der Waals surface area (Å²) in [6.45, 7) is 0. The van der Waals surface area contributed by atoms with E-state index in [0.717, 1.165) is 0 Å². The molecule has 0 aromatic carbocycles. The van der Waals surface area contributed by atoms with Crippen LogP contribution in [0.5, 0.6) is 0 Å². The zero-order valence-electron chi connectivity index (χ0n) is 11.2. The van der Waals surface area contributed by atoms with Gasteiger partial charge < -0.3 is 21.3 Å². The molecule has 0 amide bonds. The number of rotatable bonds is 2. The fourth-order valence-electron chi connectivity index (χ4n) is 1.54. The molecule has 2 aromatic heterocycles. The van der Waals surface area contributed by atoms with Crippen LogP contribution in [0.25, 0.3) is 11.0 Å². The number of halogens is 1. The lowest BCUT2D eigenvalue weighted by Crippen LogP contribution is -2.18. The molecule has 0 saturated carbocycles. The van der Waals surface area contributed by atoms with E-state index in [4.69, 9.17) is 11.5 Å². The Bertz CT molecular complexity index is 598. The Balaban J connectivity index is 0.00000180. The number of hydrogen-bond donors (Lipinski definition) is 2. The Labute approximate surface area is 117 Å². The predicted octanol–water partition coefficient (Wildman–Crippen LogP) is 0.138. The molecule has 0 bridgehead atoms. The Morgan fingerprint density at radius 1 is 0.789 bits per heavy atom. The Kier molecular flexibility index (Phi) is 4.15. The molecule has 0 radical (unpaired) electrons. The third-order valence-electron chi connectivity index (χ3n) is 2.38. The van der Waals surface area contributed by atoms with Crippen LogP contribution in [0.2, 0.25) is 0 Å². The fourth-order valence-corrected chi connectivity index (χ4v) is 1.54. The number of hydrogen-bond acceptors (Lipinski definition) is 8. The monoisotopic (exact) mass is 284 g/mol. The summed E-state index contributed by atoms with van der Waals surface area (Å²) < 4.78 is 0. The maximum absolute atomic E-state index is 5.84. The molecular weight excluding hydrogens is 268 g/mol. The molecule has 0 aliphatic heterocycles. The van der Waals surface area contributed by atoms with E-state index in [1.165, 1.54) is 0 Å². The average Bonchev–Trinajstić information content (AvgIpc) is 2.27. The molecule has 0 fully saturated rings. The van der Waals surface area contributed by atoms with Gasteiger partial charge in [0.15, 0.2) is 11.6 Å².